The van der Waals surface area contributed by atoms with Gasteiger partial charge in [0, 0.05) is 62.1 Å². The number of hydrogen-bond acceptors (Lipinski definition) is 7. The second kappa shape index (κ2) is 10.8. The van der Waals surface area contributed by atoms with Gasteiger partial charge in [-0.2, -0.15) is 10.1 Å². The molecule has 1 fully saturated rings. The van der Waals surface area contributed by atoms with Crippen LogP contribution in [0.1, 0.15) is 22.5 Å². The lowest BCUT2D eigenvalue weighted by Crippen LogP contribution is -2.46. The minimum atomic E-state index is 0. The molecule has 3 aromatic rings. The number of methoxy groups -OCH3 is 1. The average molecular weight is 477 g/mol. The summed E-state index contributed by atoms with van der Waals surface area (Å²) in [5.74, 6) is 0.904. The molecule has 1 saturated heterocycles. The molecule has 0 radical (unpaired) electrons. The Kier molecular flexibility index (Phi) is 8.06. The number of halogens is 2. The van der Waals surface area contributed by atoms with Gasteiger partial charge in [0.1, 0.15) is 0 Å². The van der Waals surface area contributed by atoms with Crippen LogP contribution in [-0.4, -0.2) is 70.3 Å². The highest BCUT2D eigenvalue weighted by molar-refractivity contribution is 6.30. The van der Waals surface area contributed by atoms with Crippen molar-refractivity contribution in [3.05, 3.63) is 59.0 Å². The van der Waals surface area contributed by atoms with E-state index in [1.165, 1.54) is 0 Å². The van der Waals surface area contributed by atoms with Gasteiger partial charge in [-0.3, -0.25) is 9.69 Å². The molecule has 1 aliphatic rings. The van der Waals surface area contributed by atoms with E-state index in [-0.39, 0.29) is 18.2 Å². The smallest absolute Gasteiger partial charge is 0.254 e. The van der Waals surface area contributed by atoms with Gasteiger partial charge in [0.05, 0.1) is 24.6 Å². The van der Waals surface area contributed by atoms with Crippen molar-refractivity contribution in [2.24, 2.45) is 0 Å². The van der Waals surface area contributed by atoms with Crippen LogP contribution in [0, 0.1) is 6.92 Å². The predicted octanol–water partition coefficient (Wildman–Crippen LogP) is 3.45. The van der Waals surface area contributed by atoms with Gasteiger partial charge in [-0.15, -0.1) is 12.4 Å². The Bertz CT molecular complexity index is 1070. The number of benzene rings is 1. The van der Waals surface area contributed by atoms with Crippen LogP contribution in [0.15, 0.2) is 42.7 Å². The third-order valence-corrected chi connectivity index (χ3v) is 5.76. The fraction of sp³-hybridized carbons (Fsp3) is 0.364. The van der Waals surface area contributed by atoms with E-state index in [2.05, 4.69) is 30.9 Å². The number of nitrogens with zero attached hydrogens (tertiary/aromatic N) is 6. The van der Waals surface area contributed by atoms with Gasteiger partial charge in [0.25, 0.3) is 5.95 Å². The molecule has 0 amide bonds. The number of ketones is 1. The van der Waals surface area contributed by atoms with Crippen LogP contribution in [0.25, 0.3) is 5.95 Å². The molecule has 0 N–H and O–H groups in total. The Hall–Kier alpha value is -2.68. The van der Waals surface area contributed by atoms with E-state index in [0.29, 0.717) is 23.8 Å². The minimum Gasteiger partial charge on any atom is -0.481 e. The zero-order valence-electron chi connectivity index (χ0n) is 18.1. The van der Waals surface area contributed by atoms with Crippen LogP contribution in [0.2, 0.25) is 5.02 Å². The van der Waals surface area contributed by atoms with Crippen LogP contribution in [0.4, 0.5) is 5.69 Å². The Morgan fingerprint density at radius 1 is 1.19 bits per heavy atom. The lowest BCUT2D eigenvalue weighted by atomic mass is 10.1. The second-order valence-corrected chi connectivity index (χ2v) is 7.87. The summed E-state index contributed by atoms with van der Waals surface area (Å²) < 4.78 is 6.71. The fourth-order valence-corrected chi connectivity index (χ4v) is 3.91. The standard InChI is InChI=1S/C22H25ClN6O2.ClH/c1-16-19(15-25-29(16)22-24-8-6-21(26-22)31-2)20(30)7-9-27-10-12-28(13-11-27)18-5-3-4-17(23)14-18;/h3-6,8,14-15H,7,9-13H2,1-2H3;1H. The first-order valence-corrected chi connectivity index (χ1v) is 10.6. The van der Waals surface area contributed by atoms with E-state index in [4.69, 9.17) is 16.3 Å². The number of rotatable bonds is 7. The van der Waals surface area contributed by atoms with Crippen molar-refractivity contribution >= 4 is 35.5 Å². The van der Waals surface area contributed by atoms with Crippen molar-refractivity contribution in [2.75, 3.05) is 44.7 Å². The Morgan fingerprint density at radius 2 is 1.97 bits per heavy atom. The molecule has 32 heavy (non-hydrogen) atoms. The summed E-state index contributed by atoms with van der Waals surface area (Å²) in [6.07, 6.45) is 3.65. The van der Waals surface area contributed by atoms with Crippen molar-refractivity contribution < 1.29 is 9.53 Å². The van der Waals surface area contributed by atoms with Crippen molar-refractivity contribution in [2.45, 2.75) is 13.3 Å². The van der Waals surface area contributed by atoms with Crippen LogP contribution in [0.5, 0.6) is 5.88 Å². The molecule has 8 nitrogen and oxygen atoms in total. The quantitative estimate of drug-likeness (QED) is 0.483. The zero-order chi connectivity index (χ0) is 21.8. The molecule has 0 unspecified atom stereocenters. The van der Waals surface area contributed by atoms with E-state index >= 15 is 0 Å². The Balaban J connectivity index is 0.00000289. The Morgan fingerprint density at radius 3 is 2.69 bits per heavy atom. The van der Waals surface area contributed by atoms with E-state index < -0.39 is 0 Å². The molecular weight excluding hydrogens is 451 g/mol. The van der Waals surface area contributed by atoms with Gasteiger partial charge in [-0.25, -0.2) is 9.67 Å². The maximum Gasteiger partial charge on any atom is 0.254 e. The van der Waals surface area contributed by atoms with Gasteiger partial charge in [-0.05, 0) is 25.1 Å². The molecule has 170 valence electrons. The van der Waals surface area contributed by atoms with Gasteiger partial charge in [0.2, 0.25) is 5.88 Å². The summed E-state index contributed by atoms with van der Waals surface area (Å²) in [6, 6.07) is 9.60. The summed E-state index contributed by atoms with van der Waals surface area (Å²) in [7, 11) is 1.55. The predicted molar refractivity (Wildman–Crippen MR) is 127 cm³/mol. The highest BCUT2D eigenvalue weighted by Gasteiger charge is 2.20. The first kappa shape index (κ1) is 24.0. The third kappa shape index (κ3) is 5.38. The normalized spacial score (nSPS) is 14.2. The van der Waals surface area contributed by atoms with Gasteiger partial charge < -0.3 is 9.64 Å². The highest BCUT2D eigenvalue weighted by atomic mass is 35.5. The van der Waals surface area contributed by atoms with Crippen molar-refractivity contribution in [3.8, 4) is 11.8 Å². The monoisotopic (exact) mass is 476 g/mol. The molecule has 2 aromatic heterocycles. The number of aromatic nitrogens is 4. The number of carbonyl (C=O) groups is 1. The molecule has 0 atom stereocenters. The van der Waals surface area contributed by atoms with E-state index in [1.807, 2.05) is 25.1 Å². The maximum atomic E-state index is 12.8. The summed E-state index contributed by atoms with van der Waals surface area (Å²) in [5, 5.41) is 5.06. The van der Waals surface area contributed by atoms with Gasteiger partial charge in [-0.1, -0.05) is 17.7 Å². The molecule has 1 aliphatic heterocycles. The van der Waals surface area contributed by atoms with E-state index in [0.717, 1.165) is 49.1 Å². The van der Waals surface area contributed by atoms with Gasteiger partial charge >= 0.3 is 0 Å². The first-order valence-electron chi connectivity index (χ1n) is 10.2. The van der Waals surface area contributed by atoms with Crippen molar-refractivity contribution in [3.63, 3.8) is 0 Å². The fourth-order valence-electron chi connectivity index (χ4n) is 3.73. The highest BCUT2D eigenvalue weighted by Crippen LogP contribution is 2.21. The summed E-state index contributed by atoms with van der Waals surface area (Å²) >= 11 is 6.11. The van der Waals surface area contributed by atoms with Crippen LogP contribution < -0.4 is 9.64 Å². The molecule has 3 heterocycles. The largest absolute Gasteiger partial charge is 0.481 e. The van der Waals surface area contributed by atoms with E-state index in [9.17, 15) is 4.79 Å². The van der Waals surface area contributed by atoms with Crippen LogP contribution in [-0.2, 0) is 0 Å². The van der Waals surface area contributed by atoms with Crippen molar-refractivity contribution in [1.29, 1.82) is 0 Å². The molecule has 0 bridgehead atoms. The Labute approximate surface area is 198 Å². The molecular formula is C22H26Cl2N6O2. The van der Waals surface area contributed by atoms with E-state index in [1.54, 1.807) is 30.3 Å². The van der Waals surface area contributed by atoms with Gasteiger partial charge in [0.15, 0.2) is 5.78 Å². The molecule has 0 saturated carbocycles. The number of carbonyl (C=O) groups excluding carboxylic acids is 1. The topological polar surface area (TPSA) is 76.4 Å². The minimum absolute atomic E-state index is 0. The average Bonchev–Trinajstić information content (AvgIpc) is 3.19. The molecule has 0 aliphatic carbocycles. The lowest BCUT2D eigenvalue weighted by Gasteiger charge is -2.36. The molecule has 4 rings (SSSR count). The van der Waals surface area contributed by atoms with Crippen molar-refractivity contribution in [1.82, 2.24) is 24.6 Å². The number of Topliss-reactive ketones (excluding diaryl/α,β-unsaturated/α-hetero) is 1. The number of hydrogen-bond donors (Lipinski definition) is 0. The molecule has 10 heteroatoms. The molecule has 0 spiro atoms. The number of anilines is 1. The van der Waals surface area contributed by atoms with Crippen LogP contribution in [0.3, 0.4) is 0 Å². The number of ether oxygens (including phenoxy) is 1. The summed E-state index contributed by atoms with van der Waals surface area (Å²) in [4.78, 5) is 26.0. The molecule has 1 aromatic carbocycles. The summed E-state index contributed by atoms with van der Waals surface area (Å²) in [5.41, 5.74) is 2.47. The van der Waals surface area contributed by atoms with Crippen LogP contribution >= 0.6 is 24.0 Å². The zero-order valence-corrected chi connectivity index (χ0v) is 19.6. The maximum absolute atomic E-state index is 12.8. The summed E-state index contributed by atoms with van der Waals surface area (Å²) in [6.45, 7) is 6.23. The second-order valence-electron chi connectivity index (χ2n) is 7.44. The number of piperazine rings is 1. The SMILES string of the molecule is COc1ccnc(-n2ncc(C(=O)CCN3CCN(c4cccc(Cl)c4)CC3)c2C)n1.Cl. The lowest BCUT2D eigenvalue weighted by molar-refractivity contribution is 0.0962. The first-order chi connectivity index (χ1) is 15.0. The third-order valence-electron chi connectivity index (χ3n) is 5.53.